The number of hydrogen-bond acceptors (Lipinski definition) is 4. The lowest BCUT2D eigenvalue weighted by molar-refractivity contribution is -0.117. The summed E-state index contributed by atoms with van der Waals surface area (Å²) in [5, 5.41) is 2.86. The van der Waals surface area contributed by atoms with E-state index in [9.17, 15) is 9.59 Å². The van der Waals surface area contributed by atoms with E-state index in [0.717, 1.165) is 44.6 Å². The molecule has 1 N–H and O–H groups in total. The zero-order valence-corrected chi connectivity index (χ0v) is 15.2. The van der Waals surface area contributed by atoms with E-state index < -0.39 is 0 Å². The molecule has 0 aromatic carbocycles. The van der Waals surface area contributed by atoms with Crippen LogP contribution in [-0.2, 0) is 11.2 Å². The van der Waals surface area contributed by atoms with E-state index in [1.54, 1.807) is 29.6 Å². The summed E-state index contributed by atoms with van der Waals surface area (Å²) >= 11 is 0. The Bertz CT molecular complexity index is 809. The van der Waals surface area contributed by atoms with Crippen LogP contribution < -0.4 is 10.2 Å². The van der Waals surface area contributed by atoms with Crippen LogP contribution in [0.25, 0.3) is 0 Å². The molecular weight excluding hydrogens is 342 g/mol. The molecule has 1 unspecified atom stereocenters. The van der Waals surface area contributed by atoms with E-state index in [2.05, 4.69) is 15.3 Å². The molecule has 140 valence electrons. The van der Waals surface area contributed by atoms with E-state index in [1.165, 1.54) is 5.56 Å². The Morgan fingerprint density at radius 2 is 2.04 bits per heavy atom. The third-order valence-corrected chi connectivity index (χ3v) is 5.21. The molecule has 2 aliphatic heterocycles. The number of carbonyl (C=O) groups is 2. The van der Waals surface area contributed by atoms with Gasteiger partial charge in [-0.05, 0) is 55.0 Å². The highest BCUT2D eigenvalue weighted by Crippen LogP contribution is 2.23. The van der Waals surface area contributed by atoms with Crippen molar-refractivity contribution < 1.29 is 9.59 Å². The molecular formula is C20H23N5O2. The van der Waals surface area contributed by atoms with E-state index in [4.69, 9.17) is 0 Å². The minimum atomic E-state index is -0.121. The number of pyridine rings is 2. The van der Waals surface area contributed by atoms with Crippen molar-refractivity contribution >= 4 is 23.4 Å². The highest BCUT2D eigenvalue weighted by atomic mass is 16.2. The van der Waals surface area contributed by atoms with Crippen molar-refractivity contribution in [3.05, 3.63) is 48.4 Å². The second-order valence-corrected chi connectivity index (χ2v) is 7.14. The van der Waals surface area contributed by atoms with Gasteiger partial charge >= 0.3 is 6.03 Å². The molecule has 3 amide bonds. The van der Waals surface area contributed by atoms with Crippen molar-refractivity contribution in [1.82, 2.24) is 14.9 Å². The van der Waals surface area contributed by atoms with Crippen LogP contribution in [0.5, 0.6) is 0 Å². The van der Waals surface area contributed by atoms with Gasteiger partial charge in [0.15, 0.2) is 0 Å². The summed E-state index contributed by atoms with van der Waals surface area (Å²) < 4.78 is 0. The SMILES string of the molecule is O=C(Nc1ccc(N2CCCC2=O)cn1)N1CCC(Cc2ccncc2)C1. The Hall–Kier alpha value is -2.96. The summed E-state index contributed by atoms with van der Waals surface area (Å²) in [4.78, 5) is 36.2. The van der Waals surface area contributed by atoms with Crippen LogP contribution in [0.1, 0.15) is 24.8 Å². The third-order valence-electron chi connectivity index (χ3n) is 5.21. The van der Waals surface area contributed by atoms with Crippen molar-refractivity contribution in [1.29, 1.82) is 0 Å². The van der Waals surface area contributed by atoms with Gasteiger partial charge in [0.05, 0.1) is 11.9 Å². The molecule has 27 heavy (non-hydrogen) atoms. The van der Waals surface area contributed by atoms with Gasteiger partial charge in [-0.3, -0.25) is 15.1 Å². The predicted molar refractivity (Wildman–Crippen MR) is 102 cm³/mol. The number of nitrogens with zero attached hydrogens (tertiary/aromatic N) is 4. The second kappa shape index (κ2) is 7.73. The van der Waals surface area contributed by atoms with Crippen LogP contribution in [0.3, 0.4) is 0 Å². The third kappa shape index (κ3) is 4.07. The molecule has 2 aromatic rings. The van der Waals surface area contributed by atoms with Gasteiger partial charge in [-0.2, -0.15) is 0 Å². The van der Waals surface area contributed by atoms with Gasteiger partial charge in [-0.1, -0.05) is 0 Å². The first-order valence-corrected chi connectivity index (χ1v) is 9.40. The highest BCUT2D eigenvalue weighted by molar-refractivity contribution is 5.95. The predicted octanol–water partition coefficient (Wildman–Crippen LogP) is 2.70. The van der Waals surface area contributed by atoms with Crippen LogP contribution in [0.15, 0.2) is 42.9 Å². The minimum absolute atomic E-state index is 0.121. The van der Waals surface area contributed by atoms with Crippen LogP contribution in [0.2, 0.25) is 0 Å². The smallest absolute Gasteiger partial charge is 0.323 e. The molecule has 0 aliphatic carbocycles. The largest absolute Gasteiger partial charge is 0.324 e. The fourth-order valence-corrected chi connectivity index (χ4v) is 3.77. The Kier molecular flexibility index (Phi) is 5.00. The van der Waals surface area contributed by atoms with Crippen molar-refractivity contribution in [2.45, 2.75) is 25.7 Å². The maximum absolute atomic E-state index is 12.5. The summed E-state index contributed by atoms with van der Waals surface area (Å²) in [5.41, 5.74) is 2.04. The van der Waals surface area contributed by atoms with Gasteiger partial charge in [0.2, 0.25) is 5.91 Å². The molecule has 1 atom stereocenters. The fourth-order valence-electron chi connectivity index (χ4n) is 3.77. The van der Waals surface area contributed by atoms with Crippen molar-refractivity contribution in [2.75, 3.05) is 29.9 Å². The molecule has 4 rings (SSSR count). The number of likely N-dealkylation sites (tertiary alicyclic amines) is 1. The maximum Gasteiger partial charge on any atom is 0.323 e. The summed E-state index contributed by atoms with van der Waals surface area (Å²) in [7, 11) is 0. The first kappa shape index (κ1) is 17.5. The zero-order chi connectivity index (χ0) is 18.6. The molecule has 0 radical (unpaired) electrons. The van der Waals surface area contributed by atoms with Crippen LogP contribution >= 0.6 is 0 Å². The summed E-state index contributed by atoms with van der Waals surface area (Å²) in [6.45, 7) is 2.23. The Morgan fingerprint density at radius 3 is 2.74 bits per heavy atom. The van der Waals surface area contributed by atoms with Gasteiger partial charge in [-0.15, -0.1) is 0 Å². The normalized spacial score (nSPS) is 19.6. The first-order valence-electron chi connectivity index (χ1n) is 9.40. The lowest BCUT2D eigenvalue weighted by atomic mass is 10.00. The number of nitrogens with one attached hydrogen (secondary N) is 1. The van der Waals surface area contributed by atoms with Crippen molar-refractivity contribution in [3.63, 3.8) is 0 Å². The number of aromatic nitrogens is 2. The van der Waals surface area contributed by atoms with Gasteiger partial charge in [0.25, 0.3) is 0 Å². The first-order chi connectivity index (χ1) is 13.2. The standard InChI is InChI=1S/C20H23N5O2/c26-19-2-1-10-25(19)17-3-4-18(22-13-17)23-20(27)24-11-7-16(14-24)12-15-5-8-21-9-6-15/h3-6,8-9,13,16H,1-2,7,10-12,14H2,(H,22,23,27). The number of rotatable bonds is 4. The van der Waals surface area contributed by atoms with Gasteiger partial charge in [0.1, 0.15) is 5.82 Å². The molecule has 0 bridgehead atoms. The van der Waals surface area contributed by atoms with E-state index in [-0.39, 0.29) is 11.9 Å². The van der Waals surface area contributed by atoms with Crippen molar-refractivity contribution in [2.24, 2.45) is 5.92 Å². The second-order valence-electron chi connectivity index (χ2n) is 7.14. The molecule has 2 aliphatic rings. The summed E-state index contributed by atoms with van der Waals surface area (Å²) in [5.74, 6) is 1.11. The molecule has 7 heteroatoms. The Balaban J connectivity index is 1.31. The molecule has 0 saturated carbocycles. The van der Waals surface area contributed by atoms with Crippen molar-refractivity contribution in [3.8, 4) is 0 Å². The summed E-state index contributed by atoms with van der Waals surface area (Å²) in [6.07, 6.45) is 8.69. The number of anilines is 2. The highest BCUT2D eigenvalue weighted by Gasteiger charge is 2.27. The van der Waals surface area contributed by atoms with E-state index >= 15 is 0 Å². The zero-order valence-electron chi connectivity index (χ0n) is 15.2. The number of carbonyl (C=O) groups excluding carboxylic acids is 2. The topological polar surface area (TPSA) is 78.4 Å². The molecule has 2 fully saturated rings. The summed E-state index contributed by atoms with van der Waals surface area (Å²) in [6, 6.07) is 7.52. The number of hydrogen-bond donors (Lipinski definition) is 1. The van der Waals surface area contributed by atoms with Gasteiger partial charge in [-0.25, -0.2) is 9.78 Å². The molecule has 0 spiro atoms. The lowest BCUT2D eigenvalue weighted by Crippen LogP contribution is -2.33. The fraction of sp³-hybridized carbons (Fsp3) is 0.400. The molecule has 4 heterocycles. The van der Waals surface area contributed by atoms with Gasteiger partial charge < -0.3 is 9.80 Å². The molecule has 7 nitrogen and oxygen atoms in total. The minimum Gasteiger partial charge on any atom is -0.324 e. The average Bonchev–Trinajstić information content (AvgIpc) is 3.32. The number of urea groups is 1. The quantitative estimate of drug-likeness (QED) is 0.904. The molecule has 2 aromatic heterocycles. The van der Waals surface area contributed by atoms with E-state index in [1.807, 2.05) is 23.1 Å². The van der Waals surface area contributed by atoms with Gasteiger partial charge in [0, 0.05) is 38.4 Å². The lowest BCUT2D eigenvalue weighted by Gasteiger charge is -2.18. The van der Waals surface area contributed by atoms with E-state index in [0.29, 0.717) is 18.2 Å². The van der Waals surface area contributed by atoms with Crippen LogP contribution in [0.4, 0.5) is 16.3 Å². The average molecular weight is 365 g/mol. The maximum atomic E-state index is 12.5. The number of amides is 3. The van der Waals surface area contributed by atoms with Crippen LogP contribution in [-0.4, -0.2) is 46.4 Å². The Morgan fingerprint density at radius 1 is 1.19 bits per heavy atom. The molecule has 2 saturated heterocycles. The van der Waals surface area contributed by atoms with Crippen LogP contribution in [0, 0.1) is 5.92 Å². The Labute approximate surface area is 158 Å². The monoisotopic (exact) mass is 365 g/mol.